The van der Waals surface area contributed by atoms with Crippen molar-refractivity contribution >= 4 is 24.6 Å². The molecular weight excluding hydrogens is 345 g/mol. The van der Waals surface area contributed by atoms with Gasteiger partial charge >= 0.3 is 7.60 Å². The second kappa shape index (κ2) is 9.05. The zero-order chi connectivity index (χ0) is 18.3. The van der Waals surface area contributed by atoms with Crippen LogP contribution in [-0.4, -0.2) is 44.4 Å². The van der Waals surface area contributed by atoms with Crippen LogP contribution in [0.25, 0.3) is 11.2 Å². The van der Waals surface area contributed by atoms with Crippen LogP contribution in [-0.2, 0) is 20.2 Å². The smallest absolute Gasteiger partial charge is 0.353 e. The van der Waals surface area contributed by atoms with Crippen molar-refractivity contribution in [1.82, 2.24) is 19.5 Å². The first-order chi connectivity index (χ1) is 12.0. The fraction of sp³-hybridized carbons (Fsp3) is 0.533. The summed E-state index contributed by atoms with van der Waals surface area (Å²) in [4.78, 5) is 12.3. The number of imidazole rings is 1. The second-order valence-electron chi connectivity index (χ2n) is 5.32. The molecule has 0 aliphatic heterocycles. The molecule has 0 fully saturated rings. The number of aliphatic hydroxyl groups excluding tert-OH is 1. The van der Waals surface area contributed by atoms with Crippen LogP contribution in [0.4, 0.5) is 5.82 Å². The largest absolute Gasteiger partial charge is 0.396 e. The lowest BCUT2D eigenvalue weighted by atomic mass is 10.1. The minimum atomic E-state index is -3.26. The number of aryl methyl sites for hydroxylation is 1. The van der Waals surface area contributed by atoms with Crippen LogP contribution >= 0.6 is 7.60 Å². The van der Waals surface area contributed by atoms with Crippen molar-refractivity contribution in [2.75, 3.05) is 25.6 Å². The first-order valence-corrected chi connectivity index (χ1v) is 9.74. The van der Waals surface area contributed by atoms with Crippen LogP contribution < -0.4 is 5.73 Å². The summed E-state index contributed by atoms with van der Waals surface area (Å²) in [7, 11) is -3.26. The van der Waals surface area contributed by atoms with Crippen molar-refractivity contribution in [3.63, 3.8) is 0 Å². The number of hydrogen-bond acceptors (Lipinski definition) is 8. The Labute approximate surface area is 146 Å². The number of nitrogens with zero attached hydrogens (tertiary/aromatic N) is 4. The highest BCUT2D eigenvalue weighted by Crippen LogP contribution is 2.49. The molecule has 2 aromatic heterocycles. The highest BCUT2D eigenvalue weighted by atomic mass is 31.2. The van der Waals surface area contributed by atoms with Crippen molar-refractivity contribution in [1.29, 1.82) is 0 Å². The van der Waals surface area contributed by atoms with Gasteiger partial charge in [-0.25, -0.2) is 15.0 Å². The van der Waals surface area contributed by atoms with E-state index in [-0.39, 0.29) is 25.7 Å². The summed E-state index contributed by atoms with van der Waals surface area (Å²) >= 11 is 0. The number of hydrogen-bond donors (Lipinski definition) is 2. The van der Waals surface area contributed by atoms with Crippen molar-refractivity contribution in [3.05, 3.63) is 24.5 Å². The standard InChI is InChI=1S/C15H24N5O4P/c1-3-23-25(22,24-4-2)8-6-12(9-21)5-7-20-11-19-13-14(16)17-10-18-15(13)20/h6,8,10-12,21H,3-5,7,9H2,1-2H3,(H2,16,17,18)/b8-6+/t12-/m1/s1. The third-order valence-corrected chi connectivity index (χ3v) is 5.34. The van der Waals surface area contributed by atoms with Crippen molar-refractivity contribution in [2.45, 2.75) is 26.8 Å². The third kappa shape index (κ3) is 5.09. The Morgan fingerprint density at radius 1 is 1.32 bits per heavy atom. The van der Waals surface area contributed by atoms with Crippen LogP contribution in [0.3, 0.4) is 0 Å². The van der Waals surface area contributed by atoms with E-state index in [0.29, 0.717) is 29.9 Å². The zero-order valence-electron chi connectivity index (χ0n) is 14.4. The predicted octanol–water partition coefficient (Wildman–Crippen LogP) is 2.19. The average molecular weight is 369 g/mol. The predicted molar refractivity (Wildman–Crippen MR) is 94.9 cm³/mol. The minimum absolute atomic E-state index is 0.0848. The maximum absolute atomic E-state index is 12.4. The van der Waals surface area contributed by atoms with Gasteiger partial charge in [-0.2, -0.15) is 0 Å². The molecule has 9 nitrogen and oxygen atoms in total. The van der Waals surface area contributed by atoms with Crippen molar-refractivity contribution in [3.8, 4) is 0 Å². The Balaban J connectivity index is 2.05. The van der Waals surface area contributed by atoms with Crippen molar-refractivity contribution in [2.24, 2.45) is 5.92 Å². The second-order valence-corrected chi connectivity index (χ2v) is 7.21. The van der Waals surface area contributed by atoms with E-state index >= 15 is 0 Å². The Kier molecular flexibility index (Phi) is 7.07. The molecule has 10 heteroatoms. The Hall–Kier alpha value is -1.80. The van der Waals surface area contributed by atoms with Gasteiger partial charge in [-0.1, -0.05) is 6.08 Å². The number of aliphatic hydroxyl groups is 1. The van der Waals surface area contributed by atoms with Crippen LogP contribution in [0.5, 0.6) is 0 Å². The zero-order valence-corrected chi connectivity index (χ0v) is 15.3. The summed E-state index contributed by atoms with van der Waals surface area (Å²) < 4.78 is 24.7. The average Bonchev–Trinajstić information content (AvgIpc) is 3.00. The highest BCUT2D eigenvalue weighted by molar-refractivity contribution is 7.57. The number of nitrogen functional groups attached to an aromatic ring is 1. The Bertz CT molecular complexity index is 753. The molecule has 0 aliphatic carbocycles. The SMILES string of the molecule is CCOP(=O)(/C=C/[C@H](CO)CCn1cnc2c(N)ncnc21)OCC. The summed E-state index contributed by atoms with van der Waals surface area (Å²) in [5.41, 5.74) is 6.96. The molecule has 0 spiro atoms. The fourth-order valence-corrected chi connectivity index (χ4v) is 3.75. The maximum Gasteiger partial charge on any atom is 0.353 e. The molecule has 138 valence electrons. The summed E-state index contributed by atoms with van der Waals surface area (Å²) in [6.07, 6.45) is 5.30. The number of anilines is 1. The number of rotatable bonds is 10. The Morgan fingerprint density at radius 3 is 2.68 bits per heavy atom. The molecule has 0 unspecified atom stereocenters. The van der Waals surface area contributed by atoms with E-state index in [4.69, 9.17) is 14.8 Å². The van der Waals surface area contributed by atoms with Gasteiger partial charge in [0.25, 0.3) is 0 Å². The molecular formula is C15H24N5O4P. The lowest BCUT2D eigenvalue weighted by Gasteiger charge is -2.15. The molecule has 0 aliphatic rings. The highest BCUT2D eigenvalue weighted by Gasteiger charge is 2.20. The molecule has 25 heavy (non-hydrogen) atoms. The van der Waals surface area contributed by atoms with E-state index in [9.17, 15) is 9.67 Å². The molecule has 0 aromatic carbocycles. The Morgan fingerprint density at radius 2 is 2.04 bits per heavy atom. The maximum atomic E-state index is 12.4. The van der Waals surface area contributed by atoms with Crippen LogP contribution in [0.15, 0.2) is 24.5 Å². The summed E-state index contributed by atoms with van der Waals surface area (Å²) in [5, 5.41) is 9.58. The van der Waals surface area contributed by atoms with Gasteiger partial charge in [0, 0.05) is 24.9 Å². The van der Waals surface area contributed by atoms with Crippen LogP contribution in [0.2, 0.25) is 0 Å². The first-order valence-electron chi connectivity index (χ1n) is 8.13. The molecule has 1 atom stereocenters. The molecule has 3 N–H and O–H groups in total. The van der Waals surface area contributed by atoms with Gasteiger partial charge in [0.1, 0.15) is 11.8 Å². The van der Waals surface area contributed by atoms with Gasteiger partial charge in [-0.05, 0) is 20.3 Å². The third-order valence-electron chi connectivity index (χ3n) is 3.56. The molecule has 2 heterocycles. The lowest BCUT2D eigenvalue weighted by Crippen LogP contribution is -2.08. The van der Waals surface area contributed by atoms with Crippen LogP contribution in [0.1, 0.15) is 20.3 Å². The fourth-order valence-electron chi connectivity index (χ4n) is 2.33. The number of aromatic nitrogens is 4. The van der Waals surface area contributed by atoms with Gasteiger partial charge in [-0.3, -0.25) is 4.57 Å². The summed E-state index contributed by atoms with van der Waals surface area (Å²) in [5.74, 6) is 1.55. The molecule has 0 saturated carbocycles. The molecule has 0 bridgehead atoms. The quantitative estimate of drug-likeness (QED) is 0.611. The van der Waals surface area contributed by atoms with E-state index in [1.165, 1.54) is 12.1 Å². The normalized spacial score (nSPS) is 13.7. The van der Waals surface area contributed by atoms with E-state index in [0.717, 1.165) is 0 Å². The van der Waals surface area contributed by atoms with Gasteiger partial charge in [0.15, 0.2) is 11.5 Å². The number of fused-ring (bicyclic) bond motifs is 1. The molecule has 2 rings (SSSR count). The summed E-state index contributed by atoms with van der Waals surface area (Å²) in [6.45, 7) is 4.55. The number of nitrogens with two attached hydrogens (primary N) is 1. The van der Waals surface area contributed by atoms with Crippen LogP contribution in [0, 0.1) is 5.92 Å². The van der Waals surface area contributed by atoms with Gasteiger partial charge in [0.2, 0.25) is 0 Å². The van der Waals surface area contributed by atoms with E-state index < -0.39 is 7.60 Å². The van der Waals surface area contributed by atoms with Gasteiger partial charge in [-0.15, -0.1) is 0 Å². The van der Waals surface area contributed by atoms with Gasteiger partial charge in [0.05, 0.1) is 19.5 Å². The molecule has 2 aromatic rings. The molecule has 0 amide bonds. The van der Waals surface area contributed by atoms with Gasteiger partial charge < -0.3 is 24.5 Å². The van der Waals surface area contributed by atoms with E-state index in [1.807, 2.05) is 4.57 Å². The lowest BCUT2D eigenvalue weighted by molar-refractivity contribution is 0.227. The first kappa shape index (κ1) is 19.5. The molecule has 0 radical (unpaired) electrons. The van der Waals surface area contributed by atoms with Crippen molar-refractivity contribution < 1.29 is 18.7 Å². The van der Waals surface area contributed by atoms with E-state index in [2.05, 4.69) is 15.0 Å². The summed E-state index contributed by atoms with van der Waals surface area (Å²) in [6, 6.07) is 0. The topological polar surface area (TPSA) is 125 Å². The monoisotopic (exact) mass is 369 g/mol. The van der Waals surface area contributed by atoms with E-state index in [1.54, 1.807) is 26.3 Å². The molecule has 0 saturated heterocycles. The minimum Gasteiger partial charge on any atom is -0.396 e.